The van der Waals surface area contributed by atoms with Crippen LogP contribution in [0.3, 0.4) is 0 Å². The van der Waals surface area contributed by atoms with Crippen LogP contribution in [-0.4, -0.2) is 47.0 Å². The number of H-pyrrole nitrogens is 1. The smallest absolute Gasteiger partial charge is 0.226 e. The number of nitrogens with zero attached hydrogens (tertiary/aromatic N) is 3. The third kappa shape index (κ3) is 3.22. The molecule has 5 heteroatoms. The normalized spacial score (nSPS) is 20.2. The number of piperazine rings is 1. The summed E-state index contributed by atoms with van der Waals surface area (Å²) in [4.78, 5) is 25.4. The van der Waals surface area contributed by atoms with E-state index >= 15 is 0 Å². The van der Waals surface area contributed by atoms with E-state index in [1.165, 1.54) is 22.5 Å². The Morgan fingerprint density at radius 3 is 2.69 bits per heavy atom. The van der Waals surface area contributed by atoms with Crippen LogP contribution in [0.5, 0.6) is 0 Å². The summed E-state index contributed by atoms with van der Waals surface area (Å²) in [6, 6.07) is 6.61. The van der Waals surface area contributed by atoms with Crippen LogP contribution in [0.4, 0.5) is 5.69 Å². The topological polar surface area (TPSA) is 52.2 Å². The number of aromatic nitrogens is 2. The van der Waals surface area contributed by atoms with Gasteiger partial charge in [-0.3, -0.25) is 4.79 Å². The van der Waals surface area contributed by atoms with E-state index in [0.717, 1.165) is 57.0 Å². The lowest BCUT2D eigenvalue weighted by Crippen LogP contribution is -2.51. The molecule has 0 spiro atoms. The molecule has 2 aliphatic rings. The monoisotopic (exact) mass is 352 g/mol. The third-order valence-electron chi connectivity index (χ3n) is 5.81. The number of aryl methyl sites for hydroxylation is 4. The lowest BCUT2D eigenvalue weighted by molar-refractivity contribution is -0.136. The molecule has 4 rings (SSSR count). The molecule has 138 valence electrons. The molecule has 1 aromatic carbocycles. The Bertz CT molecular complexity index is 817. The minimum Gasteiger partial charge on any atom is -0.368 e. The van der Waals surface area contributed by atoms with Gasteiger partial charge in [0.1, 0.15) is 5.82 Å². The molecule has 0 bridgehead atoms. The van der Waals surface area contributed by atoms with Gasteiger partial charge < -0.3 is 14.8 Å². The highest BCUT2D eigenvalue weighted by atomic mass is 16.2. The lowest BCUT2D eigenvalue weighted by Gasteiger charge is -2.38. The molecule has 1 amide bonds. The Morgan fingerprint density at radius 2 is 1.92 bits per heavy atom. The van der Waals surface area contributed by atoms with Crippen molar-refractivity contribution in [3.8, 4) is 0 Å². The molecule has 26 heavy (non-hydrogen) atoms. The molecule has 2 aromatic rings. The second kappa shape index (κ2) is 6.78. The van der Waals surface area contributed by atoms with Crippen LogP contribution >= 0.6 is 0 Å². The molecule has 5 nitrogen and oxygen atoms in total. The highest BCUT2D eigenvalue weighted by Crippen LogP contribution is 2.27. The van der Waals surface area contributed by atoms with Gasteiger partial charge in [-0.2, -0.15) is 0 Å². The van der Waals surface area contributed by atoms with E-state index in [-0.39, 0.29) is 5.92 Å². The fraction of sp³-hybridized carbons (Fsp3) is 0.524. The van der Waals surface area contributed by atoms with Crippen LogP contribution in [-0.2, 0) is 17.6 Å². The van der Waals surface area contributed by atoms with Gasteiger partial charge in [-0.1, -0.05) is 12.1 Å². The molecule has 1 N–H and O–H groups in total. The van der Waals surface area contributed by atoms with Crippen LogP contribution in [0.1, 0.15) is 34.8 Å². The Kier molecular flexibility index (Phi) is 4.47. The second-order valence-corrected chi connectivity index (χ2v) is 7.79. The van der Waals surface area contributed by atoms with Gasteiger partial charge in [0.2, 0.25) is 5.91 Å². The molecule has 1 saturated heterocycles. The summed E-state index contributed by atoms with van der Waals surface area (Å²) in [7, 11) is 0. The quantitative estimate of drug-likeness (QED) is 0.904. The number of fused-ring (bicyclic) bond motifs is 1. The van der Waals surface area contributed by atoms with E-state index in [1.807, 2.05) is 6.92 Å². The van der Waals surface area contributed by atoms with E-state index in [1.54, 1.807) is 0 Å². The number of anilines is 1. The molecule has 1 aromatic heterocycles. The van der Waals surface area contributed by atoms with Crippen molar-refractivity contribution in [2.45, 2.75) is 40.0 Å². The summed E-state index contributed by atoms with van der Waals surface area (Å²) >= 11 is 0. The predicted octanol–water partition coefficient (Wildman–Crippen LogP) is 2.79. The average molecular weight is 352 g/mol. The average Bonchev–Trinajstić information content (AvgIpc) is 3.02. The van der Waals surface area contributed by atoms with E-state index in [2.05, 4.69) is 51.8 Å². The van der Waals surface area contributed by atoms with Gasteiger partial charge in [0.15, 0.2) is 0 Å². The number of imidazole rings is 1. The minimum atomic E-state index is 0.106. The number of hydrogen-bond donors (Lipinski definition) is 1. The highest BCUT2D eigenvalue weighted by Gasteiger charge is 2.31. The van der Waals surface area contributed by atoms with Crippen LogP contribution in [0.2, 0.25) is 0 Å². The van der Waals surface area contributed by atoms with Crippen molar-refractivity contribution in [2.24, 2.45) is 5.92 Å². The predicted molar refractivity (Wildman–Crippen MR) is 104 cm³/mol. The van der Waals surface area contributed by atoms with Gasteiger partial charge in [0.25, 0.3) is 0 Å². The zero-order valence-corrected chi connectivity index (χ0v) is 16.0. The van der Waals surface area contributed by atoms with Gasteiger partial charge in [0.05, 0.1) is 5.69 Å². The molecular weight excluding hydrogens is 324 g/mol. The zero-order valence-electron chi connectivity index (χ0n) is 16.0. The minimum absolute atomic E-state index is 0.106. The zero-order chi connectivity index (χ0) is 18.3. The number of carbonyl (C=O) groups excluding carboxylic acids is 1. The maximum atomic E-state index is 13.0. The third-order valence-corrected chi connectivity index (χ3v) is 5.81. The summed E-state index contributed by atoms with van der Waals surface area (Å²) in [5.74, 6) is 1.39. The van der Waals surface area contributed by atoms with Crippen molar-refractivity contribution in [2.75, 3.05) is 31.1 Å². The van der Waals surface area contributed by atoms with Crippen molar-refractivity contribution in [1.82, 2.24) is 14.9 Å². The first-order chi connectivity index (χ1) is 12.5. The molecule has 1 unspecified atom stereocenters. The van der Waals surface area contributed by atoms with Crippen molar-refractivity contribution in [1.29, 1.82) is 0 Å². The van der Waals surface area contributed by atoms with Gasteiger partial charge in [-0.15, -0.1) is 0 Å². The van der Waals surface area contributed by atoms with E-state index < -0.39 is 0 Å². The number of carbonyl (C=O) groups is 1. The number of nitrogens with one attached hydrogen (secondary N) is 1. The van der Waals surface area contributed by atoms with Gasteiger partial charge in [-0.25, -0.2) is 4.98 Å². The Balaban J connectivity index is 1.39. The molecule has 0 saturated carbocycles. The first-order valence-electron chi connectivity index (χ1n) is 9.66. The van der Waals surface area contributed by atoms with E-state index in [9.17, 15) is 4.79 Å². The summed E-state index contributed by atoms with van der Waals surface area (Å²) in [6.07, 6.45) is 2.65. The lowest BCUT2D eigenvalue weighted by atomic mass is 9.88. The molecule has 1 aliphatic carbocycles. The number of rotatable bonds is 2. The van der Waals surface area contributed by atoms with Crippen molar-refractivity contribution in [3.63, 3.8) is 0 Å². The number of hydrogen-bond acceptors (Lipinski definition) is 3. The number of amides is 1. The van der Waals surface area contributed by atoms with E-state index in [0.29, 0.717) is 5.91 Å². The molecule has 1 fully saturated rings. The number of aromatic amines is 1. The number of benzene rings is 1. The summed E-state index contributed by atoms with van der Waals surface area (Å²) < 4.78 is 0. The second-order valence-electron chi connectivity index (χ2n) is 7.79. The SMILES string of the molecule is Cc1ccc(C)c(N2CCN(C(=O)C3CCc4nc(C)[nH]c4C3)CC2)c1. The Morgan fingerprint density at radius 1 is 1.15 bits per heavy atom. The standard InChI is InChI=1S/C21H28N4O/c1-14-4-5-15(2)20(12-14)24-8-10-25(11-9-24)21(26)17-6-7-18-19(13-17)23-16(3)22-18/h4-5,12,17H,6-11,13H2,1-3H3,(H,22,23). The van der Waals surface area contributed by atoms with Crippen LogP contribution in [0.25, 0.3) is 0 Å². The Hall–Kier alpha value is -2.30. The largest absolute Gasteiger partial charge is 0.368 e. The van der Waals surface area contributed by atoms with Crippen LogP contribution in [0.15, 0.2) is 18.2 Å². The van der Waals surface area contributed by atoms with Gasteiger partial charge in [-0.05, 0) is 50.8 Å². The molecule has 2 heterocycles. The molecule has 1 atom stereocenters. The molecule has 1 aliphatic heterocycles. The summed E-state index contributed by atoms with van der Waals surface area (Å²) in [6.45, 7) is 9.75. The highest BCUT2D eigenvalue weighted by molar-refractivity contribution is 5.79. The van der Waals surface area contributed by atoms with Crippen molar-refractivity contribution in [3.05, 3.63) is 46.5 Å². The van der Waals surface area contributed by atoms with Crippen molar-refractivity contribution < 1.29 is 4.79 Å². The van der Waals surface area contributed by atoms with Gasteiger partial charge >= 0.3 is 0 Å². The first-order valence-corrected chi connectivity index (χ1v) is 9.66. The first kappa shape index (κ1) is 17.1. The molecular formula is C21H28N4O. The summed E-state index contributed by atoms with van der Waals surface area (Å²) in [5, 5.41) is 0. The summed E-state index contributed by atoms with van der Waals surface area (Å²) in [5.41, 5.74) is 6.24. The fourth-order valence-corrected chi connectivity index (χ4v) is 4.32. The fourth-order valence-electron chi connectivity index (χ4n) is 4.32. The molecule has 0 radical (unpaired) electrons. The van der Waals surface area contributed by atoms with Crippen molar-refractivity contribution >= 4 is 11.6 Å². The van der Waals surface area contributed by atoms with Gasteiger partial charge in [0, 0.05) is 49.9 Å². The van der Waals surface area contributed by atoms with E-state index in [4.69, 9.17) is 0 Å². The Labute approximate surface area is 155 Å². The maximum absolute atomic E-state index is 13.0. The maximum Gasteiger partial charge on any atom is 0.226 e. The van der Waals surface area contributed by atoms with Crippen LogP contribution in [0, 0.1) is 26.7 Å². The van der Waals surface area contributed by atoms with Crippen LogP contribution < -0.4 is 4.90 Å².